The third-order valence-electron chi connectivity index (χ3n) is 4.34. The molecule has 0 saturated heterocycles. The number of nitrogens with zero attached hydrogens (tertiary/aromatic N) is 4. The van der Waals surface area contributed by atoms with Gasteiger partial charge in [-0.1, -0.05) is 41.5 Å². The molecule has 0 saturated carbocycles. The highest BCUT2D eigenvalue weighted by Crippen LogP contribution is 2.35. The molecule has 2 aromatic heterocycles. The smallest absolute Gasteiger partial charge is 0.284 e. The number of carbonyl (C=O) groups is 1. The number of hydrogen-bond acceptors (Lipinski definition) is 7. The van der Waals surface area contributed by atoms with Crippen LogP contribution in [0.1, 0.15) is 22.4 Å². The number of amides is 1. The highest BCUT2D eigenvalue weighted by molar-refractivity contribution is 7.91. The van der Waals surface area contributed by atoms with Gasteiger partial charge in [0.2, 0.25) is 10.1 Å². The average Bonchev–Trinajstić information content (AvgIpc) is 3.26. The molecule has 0 unspecified atom stereocenters. The van der Waals surface area contributed by atoms with Gasteiger partial charge in [-0.15, -0.1) is 10.2 Å². The van der Waals surface area contributed by atoms with Crippen LogP contribution >= 0.6 is 34.5 Å². The van der Waals surface area contributed by atoms with Crippen LogP contribution in [0, 0.1) is 5.82 Å². The zero-order chi connectivity index (χ0) is 24.7. The Bertz CT molecular complexity index is 1320. The number of aromatic nitrogens is 3. The van der Waals surface area contributed by atoms with Gasteiger partial charge < -0.3 is 0 Å². The molecule has 1 aromatic carbocycles. The number of anilines is 1. The number of benzene rings is 1. The van der Waals surface area contributed by atoms with Crippen molar-refractivity contribution in [2.45, 2.75) is 18.0 Å². The molecule has 3 aromatic rings. The normalized spacial score (nSPS) is 12.1. The van der Waals surface area contributed by atoms with E-state index in [0.717, 1.165) is 24.2 Å². The van der Waals surface area contributed by atoms with Crippen LogP contribution < -0.4 is 4.90 Å². The number of carbonyl (C=O) groups excluding carboxylic acids is 1. The SMILES string of the molecule is CCS(=O)(=O)c1cc(-c2cc(Cl)c(F)c(Cl)c2)cnc1C(=O)N(C)c1nnc(C(F)(F)F)s1. The van der Waals surface area contributed by atoms with Crippen LogP contribution in [0.3, 0.4) is 0 Å². The van der Waals surface area contributed by atoms with Gasteiger partial charge in [0.1, 0.15) is 5.69 Å². The van der Waals surface area contributed by atoms with Crippen LogP contribution in [0.15, 0.2) is 29.3 Å². The summed E-state index contributed by atoms with van der Waals surface area (Å²) in [7, 11) is -2.92. The summed E-state index contributed by atoms with van der Waals surface area (Å²) in [6, 6.07) is 3.54. The molecule has 0 aliphatic carbocycles. The molecule has 0 atom stereocenters. The quantitative estimate of drug-likeness (QED) is 0.327. The second-order valence-electron chi connectivity index (χ2n) is 6.48. The predicted octanol–water partition coefficient (Wildman–Crippen LogP) is 5.14. The zero-order valence-electron chi connectivity index (χ0n) is 16.6. The Morgan fingerprint density at radius 1 is 1.12 bits per heavy atom. The molecule has 0 N–H and O–H groups in total. The van der Waals surface area contributed by atoms with E-state index in [1.54, 1.807) is 0 Å². The minimum Gasteiger partial charge on any atom is -0.284 e. The average molecular weight is 543 g/mol. The summed E-state index contributed by atoms with van der Waals surface area (Å²) in [5.41, 5.74) is -0.135. The molecule has 0 bridgehead atoms. The fourth-order valence-corrected chi connectivity index (χ4v) is 4.80. The van der Waals surface area contributed by atoms with E-state index < -0.39 is 54.2 Å². The van der Waals surface area contributed by atoms with E-state index in [0.29, 0.717) is 0 Å². The van der Waals surface area contributed by atoms with Gasteiger partial charge in [-0.3, -0.25) is 9.69 Å². The molecule has 176 valence electrons. The molecule has 15 heteroatoms. The third-order valence-corrected chi connectivity index (χ3v) is 7.67. The van der Waals surface area contributed by atoms with Crippen LogP contribution in [0.25, 0.3) is 11.1 Å². The first-order valence-electron chi connectivity index (χ1n) is 8.82. The van der Waals surface area contributed by atoms with E-state index >= 15 is 0 Å². The van der Waals surface area contributed by atoms with Crippen molar-refractivity contribution in [1.82, 2.24) is 15.2 Å². The monoisotopic (exact) mass is 542 g/mol. The molecule has 7 nitrogen and oxygen atoms in total. The summed E-state index contributed by atoms with van der Waals surface area (Å²) in [5, 5.41) is 4.05. The predicted molar refractivity (Wildman–Crippen MR) is 115 cm³/mol. The van der Waals surface area contributed by atoms with Crippen LogP contribution in [0.4, 0.5) is 22.7 Å². The molecule has 0 spiro atoms. The number of sulfone groups is 1. The lowest BCUT2D eigenvalue weighted by Gasteiger charge is -2.16. The lowest BCUT2D eigenvalue weighted by Crippen LogP contribution is -2.29. The summed E-state index contributed by atoms with van der Waals surface area (Å²) in [4.78, 5) is 17.1. The minimum atomic E-state index is -4.76. The van der Waals surface area contributed by atoms with Crippen molar-refractivity contribution in [3.05, 3.63) is 51.0 Å². The molecule has 0 aliphatic heterocycles. The Balaban J connectivity index is 2.10. The molecule has 1 amide bonds. The molecule has 0 radical (unpaired) electrons. The molecule has 2 heterocycles. The van der Waals surface area contributed by atoms with Gasteiger partial charge in [-0.05, 0) is 23.8 Å². The van der Waals surface area contributed by atoms with Crippen LogP contribution in [0.2, 0.25) is 10.0 Å². The van der Waals surface area contributed by atoms with Crippen LogP contribution in [-0.4, -0.2) is 42.3 Å². The highest BCUT2D eigenvalue weighted by atomic mass is 35.5. The van der Waals surface area contributed by atoms with E-state index in [1.165, 1.54) is 19.1 Å². The van der Waals surface area contributed by atoms with Crippen molar-refractivity contribution in [3.63, 3.8) is 0 Å². The van der Waals surface area contributed by atoms with E-state index in [9.17, 15) is 30.8 Å². The Hall–Kier alpha value is -2.35. The van der Waals surface area contributed by atoms with Crippen molar-refractivity contribution in [2.75, 3.05) is 17.7 Å². The fraction of sp³-hybridized carbons (Fsp3) is 0.222. The Morgan fingerprint density at radius 3 is 2.24 bits per heavy atom. The maximum Gasteiger partial charge on any atom is 0.445 e. The maximum atomic E-state index is 13.7. The van der Waals surface area contributed by atoms with Crippen molar-refractivity contribution >= 4 is 55.4 Å². The number of alkyl halides is 3. The van der Waals surface area contributed by atoms with Gasteiger partial charge in [0.25, 0.3) is 5.91 Å². The van der Waals surface area contributed by atoms with Gasteiger partial charge in [0.05, 0.1) is 20.7 Å². The van der Waals surface area contributed by atoms with Crippen LogP contribution in [0.5, 0.6) is 0 Å². The van der Waals surface area contributed by atoms with Crippen molar-refractivity contribution < 1.29 is 30.8 Å². The molecule has 33 heavy (non-hydrogen) atoms. The summed E-state index contributed by atoms with van der Waals surface area (Å²) in [6.07, 6.45) is -3.62. The Morgan fingerprint density at radius 2 is 1.73 bits per heavy atom. The molecule has 3 rings (SSSR count). The van der Waals surface area contributed by atoms with E-state index in [2.05, 4.69) is 15.2 Å². The van der Waals surface area contributed by atoms with Crippen molar-refractivity contribution in [1.29, 1.82) is 0 Å². The largest absolute Gasteiger partial charge is 0.445 e. The topological polar surface area (TPSA) is 93.1 Å². The number of pyridine rings is 1. The van der Waals surface area contributed by atoms with Gasteiger partial charge in [0.15, 0.2) is 15.7 Å². The molecular formula is C18H12Cl2F4N4O3S2. The number of hydrogen-bond donors (Lipinski definition) is 0. The molecule has 0 fully saturated rings. The first-order valence-corrected chi connectivity index (χ1v) is 12.0. The minimum absolute atomic E-state index is 0.110. The van der Waals surface area contributed by atoms with E-state index in [1.807, 2.05) is 0 Å². The van der Waals surface area contributed by atoms with Gasteiger partial charge in [-0.25, -0.2) is 17.8 Å². The van der Waals surface area contributed by atoms with Crippen molar-refractivity contribution in [3.8, 4) is 11.1 Å². The second-order valence-corrected chi connectivity index (χ2v) is 10.5. The van der Waals surface area contributed by atoms with Crippen molar-refractivity contribution in [2.24, 2.45) is 0 Å². The first-order chi connectivity index (χ1) is 15.3. The summed E-state index contributed by atoms with van der Waals surface area (Å²) in [6.45, 7) is 1.34. The lowest BCUT2D eigenvalue weighted by molar-refractivity contribution is -0.138. The van der Waals surface area contributed by atoms with E-state index in [-0.39, 0.29) is 32.5 Å². The Kier molecular flexibility index (Phi) is 6.99. The molecule has 0 aliphatic rings. The van der Waals surface area contributed by atoms with Gasteiger partial charge in [-0.2, -0.15) is 13.2 Å². The number of rotatable bonds is 5. The van der Waals surface area contributed by atoms with E-state index in [4.69, 9.17) is 23.2 Å². The second kappa shape index (κ2) is 9.12. The maximum absolute atomic E-state index is 13.7. The summed E-state index contributed by atoms with van der Waals surface area (Å²) >= 11 is 11.7. The third kappa shape index (κ3) is 5.10. The van der Waals surface area contributed by atoms with Gasteiger partial charge in [0, 0.05) is 18.8 Å². The molecular weight excluding hydrogens is 531 g/mol. The lowest BCUT2D eigenvalue weighted by atomic mass is 10.1. The number of halogens is 6. The van der Waals surface area contributed by atoms with Crippen LogP contribution in [-0.2, 0) is 16.0 Å². The highest BCUT2D eigenvalue weighted by Gasteiger charge is 2.37. The summed E-state index contributed by atoms with van der Waals surface area (Å²) in [5.74, 6) is -2.28. The Labute approximate surface area is 198 Å². The zero-order valence-corrected chi connectivity index (χ0v) is 19.8. The standard InChI is InChI=1S/C18H12Cl2F4N4O3S2/c1-3-33(30,31)12-6-9(8-4-10(19)13(21)11(20)5-8)7-25-14(12)15(29)28(2)17-27-26-16(32-17)18(22,23)24/h4-7H,3H2,1-2H3. The first kappa shape index (κ1) is 25.3. The fourth-order valence-electron chi connectivity index (χ4n) is 2.59. The summed E-state index contributed by atoms with van der Waals surface area (Å²) < 4.78 is 77.6. The van der Waals surface area contributed by atoms with Gasteiger partial charge >= 0.3 is 6.18 Å².